The zero-order valence-corrected chi connectivity index (χ0v) is 23.2. The molecule has 5 rings (SSSR count). The summed E-state index contributed by atoms with van der Waals surface area (Å²) in [7, 11) is 7.11. The number of aryl methyl sites for hydroxylation is 1. The van der Waals surface area contributed by atoms with Crippen molar-refractivity contribution in [3.8, 4) is 16.9 Å². The van der Waals surface area contributed by atoms with E-state index >= 15 is 0 Å². The summed E-state index contributed by atoms with van der Waals surface area (Å²) in [6.07, 6.45) is -1.21. The minimum atomic E-state index is -2.67. The first-order chi connectivity index (χ1) is 18.7. The summed E-state index contributed by atoms with van der Waals surface area (Å²) in [6.45, 7) is 1.67. The number of rotatable bonds is 4. The highest BCUT2D eigenvalue weighted by atomic mass is 16.3. The van der Waals surface area contributed by atoms with Gasteiger partial charge in [-0.15, -0.1) is 0 Å². The third kappa shape index (κ3) is 3.81. The van der Waals surface area contributed by atoms with Crippen LogP contribution in [0.25, 0.3) is 11.1 Å². The highest BCUT2D eigenvalue weighted by molar-refractivity contribution is 6.25. The van der Waals surface area contributed by atoms with Gasteiger partial charge < -0.3 is 30.9 Å². The summed E-state index contributed by atoms with van der Waals surface area (Å²) in [5, 5.41) is 33.8. The molecule has 212 valence electrons. The number of benzene rings is 2. The Labute approximate surface area is 232 Å². The molecule has 3 aliphatic rings. The Morgan fingerprint density at radius 2 is 1.68 bits per heavy atom. The van der Waals surface area contributed by atoms with Crippen LogP contribution in [0.4, 0.5) is 5.69 Å². The van der Waals surface area contributed by atoms with E-state index in [0.29, 0.717) is 11.1 Å². The van der Waals surface area contributed by atoms with Gasteiger partial charge in [-0.1, -0.05) is 12.1 Å². The van der Waals surface area contributed by atoms with Crippen molar-refractivity contribution in [3.05, 3.63) is 47.0 Å². The van der Waals surface area contributed by atoms with Gasteiger partial charge in [-0.05, 0) is 80.2 Å². The van der Waals surface area contributed by atoms with Gasteiger partial charge in [-0.25, -0.2) is 0 Å². The van der Waals surface area contributed by atoms with Crippen molar-refractivity contribution in [1.29, 1.82) is 0 Å². The molecule has 0 spiro atoms. The molecule has 5 N–H and O–H groups in total. The zero-order chi connectivity index (χ0) is 29.4. The first-order valence-electron chi connectivity index (χ1n) is 13.3. The van der Waals surface area contributed by atoms with Crippen LogP contribution >= 0.6 is 0 Å². The van der Waals surface area contributed by atoms with Crippen LogP contribution in [0.5, 0.6) is 5.75 Å². The van der Waals surface area contributed by atoms with Gasteiger partial charge in [0.25, 0.3) is 0 Å². The molecule has 2 fully saturated rings. The molecule has 2 aromatic rings. The molecule has 0 radical (unpaired) electrons. The number of hydrogen-bond acceptors (Lipinski definition) is 9. The second-order valence-corrected chi connectivity index (χ2v) is 11.9. The van der Waals surface area contributed by atoms with Gasteiger partial charge in [-0.2, -0.15) is 0 Å². The van der Waals surface area contributed by atoms with E-state index in [9.17, 15) is 34.5 Å². The fourth-order valence-corrected chi connectivity index (χ4v) is 7.22. The third-order valence-electron chi connectivity index (χ3n) is 9.18. The molecule has 0 heterocycles. The normalized spacial score (nSPS) is 31.4. The third-order valence-corrected chi connectivity index (χ3v) is 9.18. The fourth-order valence-electron chi connectivity index (χ4n) is 7.22. The summed E-state index contributed by atoms with van der Waals surface area (Å²) in [4.78, 5) is 57.2. The number of phenolic OH excluding ortho intramolecular Hbond substituents is 1. The Bertz CT molecular complexity index is 1430. The van der Waals surface area contributed by atoms with Crippen LogP contribution in [0.2, 0.25) is 0 Å². The SMILES string of the molecule is Cc1cc(-c2ccc(N(C)C)cc2)c2c(c1O)C(=O)C1C(=O)[C@@]3(O)C(=O)C(C(N)=O)C(O)[C@H](N(C)C)[C@H]3C[C@H]1C2. The average Bonchev–Trinajstić information content (AvgIpc) is 2.88. The number of nitrogens with zero attached hydrogens (tertiary/aromatic N) is 2. The monoisotopic (exact) mass is 549 g/mol. The number of aliphatic hydroxyl groups is 2. The van der Waals surface area contributed by atoms with E-state index in [4.69, 9.17) is 5.73 Å². The minimum absolute atomic E-state index is 0.0160. The number of aromatic hydroxyl groups is 1. The quantitative estimate of drug-likeness (QED) is 0.402. The number of Topliss-reactive ketones (excluding diaryl/α,β-unsaturated/α-hetero) is 3. The van der Waals surface area contributed by atoms with Crippen LogP contribution in [-0.2, 0) is 20.8 Å². The van der Waals surface area contributed by atoms with Gasteiger partial charge in [-0.3, -0.25) is 19.2 Å². The topological polar surface area (TPSA) is 161 Å². The molecule has 7 atom stereocenters. The number of phenols is 1. The maximum atomic E-state index is 14.0. The van der Waals surface area contributed by atoms with Crippen LogP contribution in [-0.4, -0.2) is 89.4 Å². The van der Waals surface area contributed by atoms with Crippen LogP contribution in [0.1, 0.15) is 27.9 Å². The lowest BCUT2D eigenvalue weighted by atomic mass is 9.52. The number of primary amides is 1. The number of amides is 1. The van der Waals surface area contributed by atoms with Gasteiger partial charge in [0.1, 0.15) is 11.7 Å². The number of hydrogen-bond donors (Lipinski definition) is 4. The van der Waals surface area contributed by atoms with E-state index in [1.165, 1.54) is 0 Å². The molecule has 1 amide bonds. The maximum absolute atomic E-state index is 14.0. The van der Waals surface area contributed by atoms with Crippen LogP contribution < -0.4 is 10.6 Å². The molecule has 3 aliphatic carbocycles. The second-order valence-electron chi connectivity index (χ2n) is 11.9. The molecular formula is C30H35N3O7. The summed E-state index contributed by atoms with van der Waals surface area (Å²) in [5.41, 5.74) is 6.42. The minimum Gasteiger partial charge on any atom is -0.507 e. The number of likely N-dealkylation sites (N-methyl/N-ethyl adjacent to an activating group) is 1. The van der Waals surface area contributed by atoms with E-state index in [1.807, 2.05) is 49.3 Å². The number of fused-ring (bicyclic) bond motifs is 3. The molecule has 2 aromatic carbocycles. The number of nitrogens with two attached hydrogens (primary N) is 1. The number of ketones is 3. The molecule has 10 nitrogen and oxygen atoms in total. The van der Waals surface area contributed by atoms with Crippen molar-refractivity contribution >= 4 is 28.9 Å². The number of anilines is 1. The Kier molecular flexibility index (Phi) is 6.64. The highest BCUT2D eigenvalue weighted by Gasteiger charge is 2.69. The van der Waals surface area contributed by atoms with Crippen molar-refractivity contribution < 1.29 is 34.5 Å². The van der Waals surface area contributed by atoms with Crippen LogP contribution in [0.3, 0.4) is 0 Å². The molecule has 0 bridgehead atoms. The molecular weight excluding hydrogens is 514 g/mol. The first-order valence-corrected chi connectivity index (χ1v) is 13.3. The summed E-state index contributed by atoms with van der Waals surface area (Å²) < 4.78 is 0. The first kappa shape index (κ1) is 27.9. The fraction of sp³-hybridized carbons (Fsp3) is 0.467. The van der Waals surface area contributed by atoms with E-state index in [2.05, 4.69) is 0 Å². The molecule has 0 aliphatic heterocycles. The Hall–Kier alpha value is -3.60. The average molecular weight is 550 g/mol. The lowest BCUT2D eigenvalue weighted by Crippen LogP contribution is -2.75. The summed E-state index contributed by atoms with van der Waals surface area (Å²) in [5.74, 6) is -9.06. The van der Waals surface area contributed by atoms with E-state index < -0.39 is 64.7 Å². The number of carbonyl (C=O) groups is 4. The van der Waals surface area contributed by atoms with E-state index in [-0.39, 0.29) is 24.2 Å². The predicted octanol–water partition coefficient (Wildman–Crippen LogP) is 0.700. The largest absolute Gasteiger partial charge is 0.507 e. The maximum Gasteiger partial charge on any atom is 0.230 e. The molecule has 0 saturated heterocycles. The van der Waals surface area contributed by atoms with Crippen molar-refractivity contribution in [2.24, 2.45) is 29.4 Å². The molecule has 0 aromatic heterocycles. The summed E-state index contributed by atoms with van der Waals surface area (Å²) in [6, 6.07) is 8.66. The van der Waals surface area contributed by atoms with Crippen LogP contribution in [0.15, 0.2) is 30.3 Å². The van der Waals surface area contributed by atoms with Gasteiger partial charge >= 0.3 is 0 Å². The smallest absolute Gasteiger partial charge is 0.230 e. The van der Waals surface area contributed by atoms with Crippen molar-refractivity contribution in [2.45, 2.75) is 37.5 Å². The summed E-state index contributed by atoms with van der Waals surface area (Å²) >= 11 is 0. The Morgan fingerprint density at radius 1 is 1.05 bits per heavy atom. The zero-order valence-electron chi connectivity index (χ0n) is 23.2. The molecule has 3 unspecified atom stereocenters. The van der Waals surface area contributed by atoms with Gasteiger partial charge in [0.15, 0.2) is 23.0 Å². The van der Waals surface area contributed by atoms with Gasteiger partial charge in [0.2, 0.25) is 5.91 Å². The second kappa shape index (κ2) is 9.50. The predicted molar refractivity (Wildman–Crippen MR) is 147 cm³/mol. The van der Waals surface area contributed by atoms with Crippen molar-refractivity contribution in [3.63, 3.8) is 0 Å². The lowest BCUT2D eigenvalue weighted by molar-refractivity contribution is -0.190. The Morgan fingerprint density at radius 3 is 2.23 bits per heavy atom. The Balaban J connectivity index is 1.65. The molecule has 2 saturated carbocycles. The standard InChI is InChI=1S/C30H35N3O7/c1-13-10-17(14-6-8-16(9-7-14)32(2)3)18-11-15-12-19-23(33(4)5)26(36)22(29(31)39)28(38)30(19,40)27(37)20(15)25(35)21(18)24(13)34/h6-10,15,19-20,22-23,26,34,36,40H,11-12H2,1-5H3,(H2,31,39)/t15-,19-,20?,22?,23-,26?,30-/m1/s1. The van der Waals surface area contributed by atoms with Gasteiger partial charge in [0, 0.05) is 31.7 Å². The van der Waals surface area contributed by atoms with Crippen molar-refractivity contribution in [1.82, 2.24) is 4.90 Å². The van der Waals surface area contributed by atoms with Crippen LogP contribution in [0, 0.1) is 30.6 Å². The van der Waals surface area contributed by atoms with E-state index in [0.717, 1.165) is 16.8 Å². The van der Waals surface area contributed by atoms with Crippen molar-refractivity contribution in [2.75, 3.05) is 33.1 Å². The molecule has 10 heteroatoms. The number of aliphatic hydroxyl groups excluding tert-OH is 1. The van der Waals surface area contributed by atoms with E-state index in [1.54, 1.807) is 25.9 Å². The highest BCUT2D eigenvalue weighted by Crippen LogP contribution is 2.52. The molecule has 40 heavy (non-hydrogen) atoms. The van der Waals surface area contributed by atoms with Gasteiger partial charge in [0.05, 0.1) is 17.6 Å². The lowest BCUT2D eigenvalue weighted by Gasteiger charge is -2.54. The number of carbonyl (C=O) groups excluding carboxylic acids is 4.